The molecule has 0 amide bonds. The minimum atomic E-state index is -0.345. The summed E-state index contributed by atoms with van der Waals surface area (Å²) in [6.45, 7) is 1.70. The number of carbonyl (C=O) groups excluding carboxylic acids is 1. The predicted molar refractivity (Wildman–Crippen MR) is 39.5 cm³/mol. The van der Waals surface area contributed by atoms with E-state index >= 15 is 0 Å². The average Bonchev–Trinajstić information content (AvgIpc) is 2.05. The first-order chi connectivity index (χ1) is 5.22. The van der Waals surface area contributed by atoms with E-state index in [0.29, 0.717) is 6.42 Å². The summed E-state index contributed by atoms with van der Waals surface area (Å²) in [5.41, 5.74) is 2.43. The van der Waals surface area contributed by atoms with E-state index in [1.54, 1.807) is 21.1 Å². The Morgan fingerprint density at radius 2 is 1.91 bits per heavy atom. The van der Waals surface area contributed by atoms with Gasteiger partial charge < -0.3 is 4.84 Å². The van der Waals surface area contributed by atoms with Crippen LogP contribution in [0.4, 0.5) is 0 Å². The molecule has 0 fully saturated rings. The van der Waals surface area contributed by atoms with Crippen LogP contribution in [0, 0.1) is 0 Å². The van der Waals surface area contributed by atoms with Crippen LogP contribution in [-0.2, 0) is 19.4 Å². The Morgan fingerprint density at radius 1 is 1.45 bits per heavy atom. The molecule has 5 nitrogen and oxygen atoms in total. The maximum absolute atomic E-state index is 10.1. The zero-order chi connectivity index (χ0) is 9.11. The van der Waals surface area contributed by atoms with Gasteiger partial charge in [0.1, 0.15) is 0 Å². The second kappa shape index (κ2) is 12.1. The van der Waals surface area contributed by atoms with Crippen molar-refractivity contribution >= 4 is 5.97 Å². The topological polar surface area (TPSA) is 56.8 Å². The Balaban J connectivity index is 0. The third-order valence-corrected chi connectivity index (χ3v) is 0.669. The molecule has 5 heteroatoms. The van der Waals surface area contributed by atoms with Gasteiger partial charge >= 0.3 is 5.97 Å². The lowest BCUT2D eigenvalue weighted by atomic mass is 10.5. The van der Waals surface area contributed by atoms with Gasteiger partial charge in [-0.2, -0.15) is 4.89 Å². The summed E-state index contributed by atoms with van der Waals surface area (Å²) >= 11 is 0. The molecule has 0 radical (unpaired) electrons. The van der Waals surface area contributed by atoms with Gasteiger partial charge in [0.2, 0.25) is 0 Å². The molecular weight excluding hydrogens is 150 g/mol. The SMILES string of the molecule is CCC(=O)OOC.CNOC. The third kappa shape index (κ3) is 17.6. The molecule has 0 rings (SSSR count). The smallest absolute Gasteiger partial charge is 0.305 e. The van der Waals surface area contributed by atoms with Crippen LogP contribution in [0.2, 0.25) is 0 Å². The molecule has 0 aromatic rings. The van der Waals surface area contributed by atoms with E-state index in [-0.39, 0.29) is 5.97 Å². The summed E-state index contributed by atoms with van der Waals surface area (Å²) in [7, 11) is 4.58. The monoisotopic (exact) mass is 165 g/mol. The van der Waals surface area contributed by atoms with Gasteiger partial charge in [-0.05, 0) is 0 Å². The van der Waals surface area contributed by atoms with Crippen molar-refractivity contribution in [1.82, 2.24) is 5.48 Å². The van der Waals surface area contributed by atoms with Crippen molar-refractivity contribution in [1.29, 1.82) is 0 Å². The fourth-order valence-corrected chi connectivity index (χ4v) is 0.152. The highest BCUT2D eigenvalue weighted by Crippen LogP contribution is 1.81. The number of nitrogens with one attached hydrogen (secondary N) is 1. The first-order valence-electron chi connectivity index (χ1n) is 3.16. The van der Waals surface area contributed by atoms with Gasteiger partial charge in [-0.1, -0.05) is 6.92 Å². The summed E-state index contributed by atoms with van der Waals surface area (Å²) < 4.78 is 0. The highest BCUT2D eigenvalue weighted by Gasteiger charge is 1.93. The van der Waals surface area contributed by atoms with E-state index in [4.69, 9.17) is 0 Å². The van der Waals surface area contributed by atoms with Crippen LogP contribution < -0.4 is 5.48 Å². The lowest BCUT2D eigenvalue weighted by Crippen LogP contribution is -2.00. The largest absolute Gasteiger partial charge is 0.342 e. The highest BCUT2D eigenvalue weighted by atomic mass is 17.2. The zero-order valence-corrected chi connectivity index (χ0v) is 7.34. The van der Waals surface area contributed by atoms with Gasteiger partial charge in [0.25, 0.3) is 0 Å². The Kier molecular flexibility index (Phi) is 14.2. The second-order valence-corrected chi connectivity index (χ2v) is 1.38. The van der Waals surface area contributed by atoms with E-state index in [2.05, 4.69) is 20.1 Å². The number of carbonyl (C=O) groups is 1. The summed E-state index contributed by atoms with van der Waals surface area (Å²) in [5, 5.41) is 0. The van der Waals surface area contributed by atoms with Crippen LogP contribution in [0.15, 0.2) is 0 Å². The minimum Gasteiger partial charge on any atom is -0.305 e. The van der Waals surface area contributed by atoms with Crippen LogP contribution >= 0.6 is 0 Å². The van der Waals surface area contributed by atoms with Crippen molar-refractivity contribution in [2.45, 2.75) is 13.3 Å². The molecule has 0 atom stereocenters. The summed E-state index contributed by atoms with van der Waals surface area (Å²) in [4.78, 5) is 22.5. The fourth-order valence-electron chi connectivity index (χ4n) is 0.152. The molecule has 0 unspecified atom stereocenters. The van der Waals surface area contributed by atoms with E-state index < -0.39 is 0 Å². The average molecular weight is 165 g/mol. The van der Waals surface area contributed by atoms with Crippen LogP contribution in [0.25, 0.3) is 0 Å². The molecule has 0 aliphatic rings. The summed E-state index contributed by atoms with van der Waals surface area (Å²) in [6.07, 6.45) is 0.355. The van der Waals surface area contributed by atoms with Crippen molar-refractivity contribution in [2.75, 3.05) is 21.3 Å². The Morgan fingerprint density at radius 3 is 2.00 bits per heavy atom. The van der Waals surface area contributed by atoms with Crippen LogP contribution in [0.1, 0.15) is 13.3 Å². The molecule has 0 bridgehead atoms. The molecule has 0 heterocycles. The van der Waals surface area contributed by atoms with Crippen molar-refractivity contribution in [2.24, 2.45) is 0 Å². The first-order valence-corrected chi connectivity index (χ1v) is 3.16. The molecule has 1 N–H and O–H groups in total. The van der Waals surface area contributed by atoms with Gasteiger partial charge in [-0.3, -0.25) is 4.89 Å². The maximum Gasteiger partial charge on any atom is 0.342 e. The van der Waals surface area contributed by atoms with Gasteiger partial charge in [-0.25, -0.2) is 10.3 Å². The molecule has 0 aliphatic heterocycles. The van der Waals surface area contributed by atoms with Gasteiger partial charge in [0, 0.05) is 13.5 Å². The van der Waals surface area contributed by atoms with Crippen molar-refractivity contribution in [3.05, 3.63) is 0 Å². The van der Waals surface area contributed by atoms with Gasteiger partial charge in [-0.15, -0.1) is 0 Å². The quantitative estimate of drug-likeness (QED) is 0.480. The molecule has 68 valence electrons. The van der Waals surface area contributed by atoms with Crippen LogP contribution in [0.5, 0.6) is 0 Å². The minimum absolute atomic E-state index is 0.345. The molecule has 0 spiro atoms. The second-order valence-electron chi connectivity index (χ2n) is 1.38. The Labute approximate surface area is 66.5 Å². The molecule has 0 aromatic heterocycles. The van der Waals surface area contributed by atoms with Gasteiger partial charge in [0.05, 0.1) is 14.2 Å². The number of hydrogen-bond acceptors (Lipinski definition) is 5. The Bertz CT molecular complexity index is 84.7. The zero-order valence-electron chi connectivity index (χ0n) is 7.34. The fraction of sp³-hybridized carbons (Fsp3) is 0.833. The lowest BCUT2D eigenvalue weighted by molar-refractivity contribution is -0.254. The normalized spacial score (nSPS) is 8.00. The van der Waals surface area contributed by atoms with E-state index in [9.17, 15) is 4.79 Å². The van der Waals surface area contributed by atoms with E-state index in [1.165, 1.54) is 7.11 Å². The highest BCUT2D eigenvalue weighted by molar-refractivity contribution is 5.68. The molecule has 0 aromatic carbocycles. The molecule has 11 heavy (non-hydrogen) atoms. The first kappa shape index (κ1) is 13.0. The van der Waals surface area contributed by atoms with Crippen LogP contribution in [-0.4, -0.2) is 27.2 Å². The van der Waals surface area contributed by atoms with Gasteiger partial charge in [0.15, 0.2) is 0 Å². The summed E-state index contributed by atoms with van der Waals surface area (Å²) in [6, 6.07) is 0. The third-order valence-electron chi connectivity index (χ3n) is 0.669. The number of hydrogen-bond donors (Lipinski definition) is 1. The molecule has 0 saturated carbocycles. The number of rotatable bonds is 3. The molecule has 0 aliphatic carbocycles. The Hall–Kier alpha value is -0.650. The summed E-state index contributed by atoms with van der Waals surface area (Å²) in [5.74, 6) is -0.345. The predicted octanol–water partition coefficient (Wildman–Crippen LogP) is 0.268. The van der Waals surface area contributed by atoms with Crippen LogP contribution in [0.3, 0.4) is 0 Å². The molecular formula is C6H15NO4. The van der Waals surface area contributed by atoms with Crippen molar-refractivity contribution in [3.8, 4) is 0 Å². The lowest BCUT2D eigenvalue weighted by Gasteiger charge is -1.91. The van der Waals surface area contributed by atoms with E-state index in [1.807, 2.05) is 0 Å². The van der Waals surface area contributed by atoms with E-state index in [0.717, 1.165) is 0 Å². The van der Waals surface area contributed by atoms with Crippen molar-refractivity contribution < 1.29 is 19.4 Å². The van der Waals surface area contributed by atoms with Crippen molar-refractivity contribution in [3.63, 3.8) is 0 Å². The maximum atomic E-state index is 10.1. The molecule has 0 saturated heterocycles. The number of hydroxylamine groups is 1. The standard InChI is InChI=1S/C4H8O3.C2H7NO/c1-3-4(5)7-6-2;1-3-4-2/h3H2,1-2H3;3H,1-2H3.